The van der Waals surface area contributed by atoms with Crippen LogP contribution in [0, 0.1) is 5.92 Å². The molecule has 1 saturated carbocycles. The average molecular weight is 339 g/mol. The van der Waals surface area contributed by atoms with E-state index >= 15 is 0 Å². The summed E-state index contributed by atoms with van der Waals surface area (Å²) in [6.45, 7) is 4.15. The van der Waals surface area contributed by atoms with Crippen LogP contribution in [-0.2, 0) is 22.6 Å². The molecule has 2 aromatic rings. The lowest BCUT2D eigenvalue weighted by molar-refractivity contribution is -0.0891. The van der Waals surface area contributed by atoms with E-state index in [0.29, 0.717) is 24.7 Å². The second-order valence-corrected chi connectivity index (χ2v) is 6.95. The molecule has 3 atom stereocenters. The van der Waals surface area contributed by atoms with Crippen LogP contribution in [0.25, 0.3) is 0 Å². The van der Waals surface area contributed by atoms with E-state index in [1.807, 2.05) is 30.7 Å². The number of morpholine rings is 1. The van der Waals surface area contributed by atoms with Crippen molar-refractivity contribution in [2.45, 2.75) is 38.1 Å². The Balaban J connectivity index is 1.31. The van der Waals surface area contributed by atoms with Gasteiger partial charge in [0.1, 0.15) is 0 Å². The van der Waals surface area contributed by atoms with Crippen molar-refractivity contribution in [2.24, 2.45) is 5.92 Å². The summed E-state index contributed by atoms with van der Waals surface area (Å²) in [5.41, 5.74) is 2.40. The van der Waals surface area contributed by atoms with Crippen LogP contribution in [0.15, 0.2) is 49.1 Å². The predicted octanol–water partition coefficient (Wildman–Crippen LogP) is 2.67. The number of aromatic nitrogens is 2. The number of rotatable bonds is 6. The molecule has 0 radical (unpaired) electrons. The summed E-state index contributed by atoms with van der Waals surface area (Å²) in [4.78, 5) is 10.9. The molecule has 4 rings (SSSR count). The standard InChI is InChI=1S/C20H25N3O2/c1-3-16(11-21-7-1)13-23-9-10-25-20-18(5-6-19(20)23)15-24-14-17-4-2-8-22-12-17/h1-4,7-8,11-12,18-20H,5-6,9-10,13-15H2/t18-,19-,20+/m0/s1. The van der Waals surface area contributed by atoms with Gasteiger partial charge >= 0.3 is 0 Å². The molecule has 0 spiro atoms. The Morgan fingerprint density at radius 3 is 2.64 bits per heavy atom. The Morgan fingerprint density at radius 1 is 1.08 bits per heavy atom. The van der Waals surface area contributed by atoms with Crippen LogP contribution < -0.4 is 0 Å². The summed E-state index contributed by atoms with van der Waals surface area (Å²) in [5.74, 6) is 0.485. The first kappa shape index (κ1) is 16.6. The molecule has 0 bridgehead atoms. The van der Waals surface area contributed by atoms with Gasteiger partial charge in [0, 0.05) is 49.8 Å². The van der Waals surface area contributed by atoms with Gasteiger partial charge in [-0.25, -0.2) is 0 Å². The quantitative estimate of drug-likeness (QED) is 0.810. The molecule has 25 heavy (non-hydrogen) atoms. The van der Waals surface area contributed by atoms with E-state index in [4.69, 9.17) is 9.47 Å². The number of hydrogen-bond donors (Lipinski definition) is 0. The highest BCUT2D eigenvalue weighted by molar-refractivity contribution is 5.10. The molecule has 0 unspecified atom stereocenters. The lowest BCUT2D eigenvalue weighted by atomic mass is 10.0. The smallest absolute Gasteiger partial charge is 0.0781 e. The highest BCUT2D eigenvalue weighted by Gasteiger charge is 2.42. The Morgan fingerprint density at radius 2 is 1.88 bits per heavy atom. The van der Waals surface area contributed by atoms with Crippen LogP contribution in [0.3, 0.4) is 0 Å². The fraction of sp³-hybridized carbons (Fsp3) is 0.500. The minimum atomic E-state index is 0.291. The first-order valence-electron chi connectivity index (χ1n) is 9.11. The summed E-state index contributed by atoms with van der Waals surface area (Å²) in [5, 5.41) is 0. The summed E-state index contributed by atoms with van der Waals surface area (Å²) >= 11 is 0. The van der Waals surface area contributed by atoms with Gasteiger partial charge in [-0.15, -0.1) is 0 Å². The highest BCUT2D eigenvalue weighted by atomic mass is 16.5. The third-order valence-corrected chi connectivity index (χ3v) is 5.27. The zero-order valence-corrected chi connectivity index (χ0v) is 14.5. The van der Waals surface area contributed by atoms with Crippen molar-refractivity contribution in [1.82, 2.24) is 14.9 Å². The van der Waals surface area contributed by atoms with E-state index in [1.54, 1.807) is 6.20 Å². The van der Waals surface area contributed by atoms with Gasteiger partial charge in [0.15, 0.2) is 0 Å². The van der Waals surface area contributed by atoms with Gasteiger partial charge in [-0.2, -0.15) is 0 Å². The summed E-state index contributed by atoms with van der Waals surface area (Å²) < 4.78 is 12.1. The molecule has 1 aliphatic carbocycles. The molecule has 2 fully saturated rings. The molecule has 3 heterocycles. The SMILES string of the molecule is c1cncc(COC[C@@H]2CC[C@H]3[C@@H]2OCCN3Cc2cccnc2)c1. The van der Waals surface area contributed by atoms with E-state index < -0.39 is 0 Å². The number of ether oxygens (including phenoxy) is 2. The highest BCUT2D eigenvalue weighted by Crippen LogP contribution is 2.35. The molecular weight excluding hydrogens is 314 g/mol. The Kier molecular flexibility index (Phi) is 5.35. The number of nitrogens with zero attached hydrogens (tertiary/aromatic N) is 3. The molecule has 5 nitrogen and oxygen atoms in total. The van der Waals surface area contributed by atoms with Crippen LogP contribution in [0.1, 0.15) is 24.0 Å². The number of hydrogen-bond acceptors (Lipinski definition) is 5. The van der Waals surface area contributed by atoms with Crippen molar-refractivity contribution in [2.75, 3.05) is 19.8 Å². The summed E-state index contributed by atoms with van der Waals surface area (Å²) in [6.07, 6.45) is 10.1. The summed E-state index contributed by atoms with van der Waals surface area (Å²) in [6, 6.07) is 8.67. The normalized spacial score (nSPS) is 26.5. The van der Waals surface area contributed by atoms with E-state index in [-0.39, 0.29) is 0 Å². The lowest BCUT2D eigenvalue weighted by Gasteiger charge is -2.39. The monoisotopic (exact) mass is 339 g/mol. The van der Waals surface area contributed by atoms with Gasteiger partial charge in [-0.1, -0.05) is 12.1 Å². The van der Waals surface area contributed by atoms with Crippen LogP contribution in [0.4, 0.5) is 0 Å². The van der Waals surface area contributed by atoms with Crippen molar-refractivity contribution in [3.05, 3.63) is 60.2 Å². The van der Waals surface area contributed by atoms with Gasteiger partial charge in [-0.3, -0.25) is 14.9 Å². The third kappa shape index (κ3) is 4.06. The van der Waals surface area contributed by atoms with Crippen molar-refractivity contribution < 1.29 is 9.47 Å². The summed E-state index contributed by atoms with van der Waals surface area (Å²) in [7, 11) is 0. The fourth-order valence-corrected chi connectivity index (χ4v) is 4.05. The molecule has 0 amide bonds. The maximum atomic E-state index is 6.14. The average Bonchev–Trinajstić information content (AvgIpc) is 3.08. The first-order chi connectivity index (χ1) is 12.4. The van der Waals surface area contributed by atoms with Crippen LogP contribution >= 0.6 is 0 Å². The molecule has 5 heteroatoms. The fourth-order valence-electron chi connectivity index (χ4n) is 4.05. The zero-order chi connectivity index (χ0) is 16.9. The predicted molar refractivity (Wildman–Crippen MR) is 94.8 cm³/mol. The first-order valence-corrected chi connectivity index (χ1v) is 9.11. The topological polar surface area (TPSA) is 47.5 Å². The van der Waals surface area contributed by atoms with E-state index in [1.165, 1.54) is 18.4 Å². The van der Waals surface area contributed by atoms with Crippen molar-refractivity contribution in [3.63, 3.8) is 0 Å². The van der Waals surface area contributed by atoms with Gasteiger partial charge in [0.05, 0.1) is 25.9 Å². The molecule has 2 aromatic heterocycles. The maximum Gasteiger partial charge on any atom is 0.0781 e. The molecule has 132 valence electrons. The maximum absolute atomic E-state index is 6.14. The van der Waals surface area contributed by atoms with Crippen LogP contribution in [0.2, 0.25) is 0 Å². The number of fused-ring (bicyclic) bond motifs is 1. The second kappa shape index (κ2) is 8.04. The molecule has 1 aliphatic heterocycles. The van der Waals surface area contributed by atoms with E-state index in [0.717, 1.165) is 31.9 Å². The lowest BCUT2D eigenvalue weighted by Crippen LogP contribution is -2.50. The minimum Gasteiger partial charge on any atom is -0.376 e. The van der Waals surface area contributed by atoms with E-state index in [9.17, 15) is 0 Å². The molecule has 2 aliphatic rings. The van der Waals surface area contributed by atoms with Crippen molar-refractivity contribution in [1.29, 1.82) is 0 Å². The Bertz CT molecular complexity index is 653. The van der Waals surface area contributed by atoms with E-state index in [2.05, 4.69) is 27.0 Å². The Hall–Kier alpha value is -1.82. The van der Waals surface area contributed by atoms with Gasteiger partial charge in [0.2, 0.25) is 0 Å². The van der Waals surface area contributed by atoms with Gasteiger partial charge in [-0.05, 0) is 36.1 Å². The minimum absolute atomic E-state index is 0.291. The second-order valence-electron chi connectivity index (χ2n) is 6.95. The molecule has 1 saturated heterocycles. The zero-order valence-electron chi connectivity index (χ0n) is 14.5. The van der Waals surface area contributed by atoms with Gasteiger partial charge < -0.3 is 9.47 Å². The molecule has 0 aromatic carbocycles. The van der Waals surface area contributed by atoms with Crippen LogP contribution in [0.5, 0.6) is 0 Å². The van der Waals surface area contributed by atoms with Crippen LogP contribution in [-0.4, -0.2) is 46.8 Å². The Labute approximate surface area is 149 Å². The van der Waals surface area contributed by atoms with Crippen molar-refractivity contribution in [3.8, 4) is 0 Å². The largest absolute Gasteiger partial charge is 0.376 e. The molecular formula is C20H25N3O2. The van der Waals surface area contributed by atoms with Crippen molar-refractivity contribution >= 4 is 0 Å². The van der Waals surface area contributed by atoms with Gasteiger partial charge in [0.25, 0.3) is 0 Å². The number of pyridine rings is 2. The third-order valence-electron chi connectivity index (χ3n) is 5.27. The molecule has 0 N–H and O–H groups in total.